The highest BCUT2D eigenvalue weighted by atomic mass is 32.1. The smallest absolute Gasteiger partial charge is 0.303 e. The molecule has 0 saturated heterocycles. The van der Waals surface area contributed by atoms with E-state index in [0.29, 0.717) is 12.3 Å². The molecule has 1 fully saturated rings. The van der Waals surface area contributed by atoms with E-state index in [2.05, 4.69) is 11.9 Å². The summed E-state index contributed by atoms with van der Waals surface area (Å²) in [6, 6.07) is 0. The van der Waals surface area contributed by atoms with E-state index in [1.807, 2.05) is 5.38 Å². The molecule has 1 saturated carbocycles. The van der Waals surface area contributed by atoms with Crippen molar-refractivity contribution in [1.82, 2.24) is 4.98 Å². The number of aryl methyl sites for hydroxylation is 1. The van der Waals surface area contributed by atoms with E-state index in [-0.39, 0.29) is 6.42 Å². The summed E-state index contributed by atoms with van der Waals surface area (Å²) in [5.41, 5.74) is 0.951. The first kappa shape index (κ1) is 12.6. The van der Waals surface area contributed by atoms with Crippen LogP contribution in [0, 0.1) is 5.92 Å². The number of rotatable bonds is 5. The summed E-state index contributed by atoms with van der Waals surface area (Å²) in [6.07, 6.45) is 5.87. The summed E-state index contributed by atoms with van der Waals surface area (Å²) >= 11 is 1.71. The first-order chi connectivity index (χ1) is 8.19. The highest BCUT2D eigenvalue weighted by Crippen LogP contribution is 2.40. The van der Waals surface area contributed by atoms with E-state index < -0.39 is 5.97 Å². The van der Waals surface area contributed by atoms with Crippen LogP contribution in [0.1, 0.15) is 55.6 Å². The Kier molecular flexibility index (Phi) is 4.15. The fourth-order valence-corrected chi connectivity index (χ4v) is 3.53. The lowest BCUT2D eigenvalue weighted by molar-refractivity contribution is -0.136. The van der Waals surface area contributed by atoms with Crippen LogP contribution in [0.15, 0.2) is 5.38 Å². The average molecular weight is 253 g/mol. The third-order valence-corrected chi connectivity index (χ3v) is 4.69. The van der Waals surface area contributed by atoms with Crippen molar-refractivity contribution in [2.45, 2.75) is 51.4 Å². The first-order valence-corrected chi connectivity index (χ1v) is 7.23. The zero-order valence-corrected chi connectivity index (χ0v) is 11.0. The number of aliphatic carboxylic acids is 1. The molecule has 0 bridgehead atoms. The van der Waals surface area contributed by atoms with E-state index in [1.165, 1.54) is 30.7 Å². The van der Waals surface area contributed by atoms with E-state index in [9.17, 15) is 4.79 Å². The molecule has 3 nitrogen and oxygen atoms in total. The fourth-order valence-electron chi connectivity index (χ4n) is 2.53. The molecule has 0 aromatic carbocycles. The lowest BCUT2D eigenvalue weighted by atomic mass is 10.0. The van der Waals surface area contributed by atoms with Crippen molar-refractivity contribution in [3.8, 4) is 0 Å². The van der Waals surface area contributed by atoms with Gasteiger partial charge in [-0.3, -0.25) is 4.79 Å². The van der Waals surface area contributed by atoms with Crippen LogP contribution in [-0.2, 0) is 11.2 Å². The summed E-state index contributed by atoms with van der Waals surface area (Å²) < 4.78 is 0. The fraction of sp³-hybridized carbons (Fsp3) is 0.692. The second-order valence-corrected chi connectivity index (χ2v) is 5.74. The molecule has 2 rings (SSSR count). The van der Waals surface area contributed by atoms with Gasteiger partial charge >= 0.3 is 5.97 Å². The molecule has 0 aliphatic heterocycles. The van der Waals surface area contributed by atoms with Crippen molar-refractivity contribution in [1.29, 1.82) is 0 Å². The minimum Gasteiger partial charge on any atom is -0.481 e. The zero-order valence-electron chi connectivity index (χ0n) is 10.2. The van der Waals surface area contributed by atoms with Gasteiger partial charge in [-0.1, -0.05) is 13.3 Å². The van der Waals surface area contributed by atoms with Gasteiger partial charge in [-0.2, -0.15) is 0 Å². The van der Waals surface area contributed by atoms with Crippen LogP contribution in [0.3, 0.4) is 0 Å². The number of aromatic nitrogens is 1. The Bertz CT molecular complexity index is 389. The molecule has 17 heavy (non-hydrogen) atoms. The number of hydrogen-bond donors (Lipinski definition) is 1. The van der Waals surface area contributed by atoms with Crippen molar-refractivity contribution < 1.29 is 9.90 Å². The molecular weight excluding hydrogens is 234 g/mol. The van der Waals surface area contributed by atoms with Crippen LogP contribution in [0.25, 0.3) is 0 Å². The van der Waals surface area contributed by atoms with Crippen molar-refractivity contribution in [3.05, 3.63) is 16.1 Å². The molecule has 4 heteroatoms. The largest absolute Gasteiger partial charge is 0.481 e. The van der Waals surface area contributed by atoms with Crippen LogP contribution in [0.2, 0.25) is 0 Å². The molecule has 1 N–H and O–H groups in total. The van der Waals surface area contributed by atoms with Crippen molar-refractivity contribution in [2.24, 2.45) is 5.92 Å². The Morgan fingerprint density at radius 1 is 1.59 bits per heavy atom. The van der Waals surface area contributed by atoms with Gasteiger partial charge in [0.05, 0.1) is 17.1 Å². The Morgan fingerprint density at radius 3 is 3.06 bits per heavy atom. The lowest BCUT2D eigenvalue weighted by Gasteiger charge is -2.06. The van der Waals surface area contributed by atoms with Gasteiger partial charge in [-0.05, 0) is 25.2 Å². The van der Waals surface area contributed by atoms with Crippen LogP contribution in [-0.4, -0.2) is 16.1 Å². The molecule has 1 aliphatic carbocycles. The monoisotopic (exact) mass is 253 g/mol. The molecule has 0 spiro atoms. The predicted octanol–water partition coefficient (Wildman–Crippen LogP) is 3.45. The van der Waals surface area contributed by atoms with E-state index >= 15 is 0 Å². The van der Waals surface area contributed by atoms with Gasteiger partial charge in [-0.25, -0.2) is 4.98 Å². The number of hydrogen-bond acceptors (Lipinski definition) is 3. The molecule has 2 unspecified atom stereocenters. The van der Waals surface area contributed by atoms with Crippen LogP contribution < -0.4 is 0 Å². The van der Waals surface area contributed by atoms with Crippen molar-refractivity contribution >= 4 is 17.3 Å². The molecule has 0 amide bonds. The van der Waals surface area contributed by atoms with Crippen LogP contribution in [0.4, 0.5) is 0 Å². The zero-order chi connectivity index (χ0) is 12.3. The van der Waals surface area contributed by atoms with Gasteiger partial charge in [0.1, 0.15) is 0 Å². The number of nitrogens with zero attached hydrogens (tertiary/aromatic N) is 1. The predicted molar refractivity (Wildman–Crippen MR) is 68.4 cm³/mol. The van der Waals surface area contributed by atoms with Gasteiger partial charge in [0, 0.05) is 17.7 Å². The maximum atomic E-state index is 10.5. The summed E-state index contributed by atoms with van der Waals surface area (Å²) in [5.74, 6) is 0.751. The molecule has 1 heterocycles. The summed E-state index contributed by atoms with van der Waals surface area (Å²) in [4.78, 5) is 15.1. The third-order valence-electron chi connectivity index (χ3n) is 3.63. The second-order valence-electron chi connectivity index (χ2n) is 4.86. The minimum absolute atomic E-state index is 0.186. The Hall–Kier alpha value is -0.900. The van der Waals surface area contributed by atoms with E-state index in [1.54, 1.807) is 11.3 Å². The molecule has 0 radical (unpaired) electrons. The maximum absolute atomic E-state index is 10.5. The second kappa shape index (κ2) is 5.63. The SMILES string of the molecule is CCC1CCC(c2nc(CCC(=O)O)cs2)C1. The summed E-state index contributed by atoms with van der Waals surface area (Å²) in [7, 11) is 0. The summed E-state index contributed by atoms with van der Waals surface area (Å²) in [6.45, 7) is 2.26. The van der Waals surface area contributed by atoms with E-state index in [4.69, 9.17) is 5.11 Å². The third kappa shape index (κ3) is 3.28. The molecule has 1 aromatic heterocycles. The molecule has 1 aliphatic rings. The Morgan fingerprint density at radius 2 is 2.41 bits per heavy atom. The summed E-state index contributed by atoms with van der Waals surface area (Å²) in [5, 5.41) is 11.9. The average Bonchev–Trinajstić information content (AvgIpc) is 2.94. The topological polar surface area (TPSA) is 50.2 Å². The van der Waals surface area contributed by atoms with Gasteiger partial charge in [0.15, 0.2) is 0 Å². The number of thiazole rings is 1. The molecule has 2 atom stereocenters. The minimum atomic E-state index is -0.744. The van der Waals surface area contributed by atoms with Crippen molar-refractivity contribution in [2.75, 3.05) is 0 Å². The van der Waals surface area contributed by atoms with Gasteiger partial charge in [0.25, 0.3) is 0 Å². The van der Waals surface area contributed by atoms with E-state index in [0.717, 1.165) is 11.6 Å². The Labute approximate surface area is 106 Å². The van der Waals surface area contributed by atoms with Gasteiger partial charge in [0.2, 0.25) is 0 Å². The normalized spacial score (nSPS) is 24.1. The lowest BCUT2D eigenvalue weighted by Crippen LogP contribution is -1.99. The van der Waals surface area contributed by atoms with Gasteiger partial charge < -0.3 is 5.11 Å². The number of carboxylic acid groups (broad SMARTS) is 1. The van der Waals surface area contributed by atoms with Crippen molar-refractivity contribution in [3.63, 3.8) is 0 Å². The highest BCUT2D eigenvalue weighted by molar-refractivity contribution is 7.09. The van der Waals surface area contributed by atoms with Crippen LogP contribution >= 0.6 is 11.3 Å². The molecule has 1 aromatic rings. The Balaban J connectivity index is 1.92. The van der Waals surface area contributed by atoms with Gasteiger partial charge in [-0.15, -0.1) is 11.3 Å². The van der Waals surface area contributed by atoms with Crippen LogP contribution in [0.5, 0.6) is 0 Å². The number of carboxylic acids is 1. The first-order valence-electron chi connectivity index (χ1n) is 6.35. The molecular formula is C13H19NO2S. The number of carbonyl (C=O) groups is 1. The highest BCUT2D eigenvalue weighted by Gasteiger charge is 2.26. The standard InChI is InChI=1S/C13H19NO2S/c1-2-9-3-4-10(7-9)13-14-11(8-17-13)5-6-12(15)16/h8-10H,2-7H2,1H3,(H,15,16). The molecule has 94 valence electrons. The maximum Gasteiger partial charge on any atom is 0.303 e. The quantitative estimate of drug-likeness (QED) is 0.874.